The minimum Gasteiger partial charge on any atom is -0.448 e. The van der Waals surface area contributed by atoms with E-state index in [1.165, 1.54) is 30.4 Å². The fourth-order valence-electron chi connectivity index (χ4n) is 2.57. The Labute approximate surface area is 153 Å². The van der Waals surface area contributed by atoms with Crippen LogP contribution < -0.4 is 5.32 Å². The number of rotatable bonds is 4. The number of aryl methyl sites for hydroxylation is 2. The lowest BCUT2D eigenvalue weighted by molar-refractivity contribution is -0.123. The number of halogens is 1. The number of amides is 1. The third kappa shape index (κ3) is 3.45. The molecule has 1 atom stereocenters. The number of carbonyl (C=O) groups excluding carboxylic acids is 2. The van der Waals surface area contributed by atoms with Gasteiger partial charge in [0.2, 0.25) is 0 Å². The van der Waals surface area contributed by atoms with Crippen LogP contribution in [0, 0.1) is 19.7 Å². The second kappa shape index (κ2) is 6.87. The maximum absolute atomic E-state index is 13.3. The maximum atomic E-state index is 13.3. The molecule has 1 amide bonds. The minimum absolute atomic E-state index is 0.319. The maximum Gasteiger partial charge on any atom is 0.349 e. The lowest BCUT2D eigenvalue weighted by Crippen LogP contribution is -2.30. The van der Waals surface area contributed by atoms with Gasteiger partial charge in [-0.3, -0.25) is 9.48 Å². The lowest BCUT2D eigenvalue weighted by atomic mass is 10.2. The predicted octanol–water partition coefficient (Wildman–Crippen LogP) is 3.57. The number of anilines is 1. The summed E-state index contributed by atoms with van der Waals surface area (Å²) in [5.41, 5.74) is 2.10. The molecule has 0 saturated heterocycles. The number of esters is 1. The normalized spacial score (nSPS) is 12.2. The van der Waals surface area contributed by atoms with Crippen molar-refractivity contribution < 1.29 is 18.7 Å². The van der Waals surface area contributed by atoms with Crippen LogP contribution in [0.5, 0.6) is 0 Å². The summed E-state index contributed by atoms with van der Waals surface area (Å²) in [5.74, 6) is -1.43. The largest absolute Gasteiger partial charge is 0.448 e. The minimum atomic E-state index is -0.983. The number of hydrogen-bond donors (Lipinski definition) is 1. The molecule has 0 fully saturated rings. The molecule has 2 heterocycles. The molecule has 26 heavy (non-hydrogen) atoms. The summed E-state index contributed by atoms with van der Waals surface area (Å²) in [4.78, 5) is 25.0. The molecule has 6 nitrogen and oxygen atoms in total. The first kappa shape index (κ1) is 18.1. The summed E-state index contributed by atoms with van der Waals surface area (Å²) in [6.45, 7) is 5.12. The van der Waals surface area contributed by atoms with E-state index >= 15 is 0 Å². The fraction of sp³-hybridized carbons (Fsp3) is 0.278. The molecule has 0 saturated carbocycles. The Bertz CT molecular complexity index is 1010. The smallest absolute Gasteiger partial charge is 0.349 e. The van der Waals surface area contributed by atoms with E-state index in [-0.39, 0.29) is 5.82 Å². The Hall–Kier alpha value is -2.74. The Kier molecular flexibility index (Phi) is 4.78. The summed E-state index contributed by atoms with van der Waals surface area (Å²) in [5, 5.41) is 7.60. The van der Waals surface area contributed by atoms with Gasteiger partial charge in [0.1, 0.15) is 10.7 Å². The van der Waals surface area contributed by atoms with E-state index in [0.29, 0.717) is 21.6 Å². The van der Waals surface area contributed by atoms with Gasteiger partial charge in [-0.15, -0.1) is 11.3 Å². The quantitative estimate of drug-likeness (QED) is 0.708. The van der Waals surface area contributed by atoms with E-state index in [1.54, 1.807) is 30.8 Å². The molecule has 3 aromatic rings. The summed E-state index contributed by atoms with van der Waals surface area (Å²) in [6, 6.07) is 5.86. The van der Waals surface area contributed by atoms with Crippen molar-refractivity contribution in [1.29, 1.82) is 0 Å². The first-order valence-corrected chi connectivity index (χ1v) is 8.79. The zero-order valence-electron chi connectivity index (χ0n) is 14.8. The van der Waals surface area contributed by atoms with E-state index in [1.807, 2.05) is 6.92 Å². The van der Waals surface area contributed by atoms with Gasteiger partial charge in [0, 0.05) is 11.7 Å². The van der Waals surface area contributed by atoms with Crippen molar-refractivity contribution in [3.8, 4) is 0 Å². The van der Waals surface area contributed by atoms with Gasteiger partial charge in [0.15, 0.2) is 6.10 Å². The Morgan fingerprint density at radius 3 is 2.69 bits per heavy atom. The van der Waals surface area contributed by atoms with Crippen molar-refractivity contribution in [3.63, 3.8) is 0 Å². The van der Waals surface area contributed by atoms with Gasteiger partial charge in [-0.1, -0.05) is 0 Å². The van der Waals surface area contributed by atoms with Crippen molar-refractivity contribution in [2.45, 2.75) is 26.9 Å². The molecule has 0 aliphatic heterocycles. The predicted molar refractivity (Wildman–Crippen MR) is 98.0 cm³/mol. The van der Waals surface area contributed by atoms with Crippen molar-refractivity contribution in [1.82, 2.24) is 9.78 Å². The van der Waals surface area contributed by atoms with Gasteiger partial charge >= 0.3 is 5.97 Å². The Morgan fingerprint density at radius 1 is 1.31 bits per heavy atom. The number of hydrogen-bond acceptors (Lipinski definition) is 5. The Morgan fingerprint density at radius 2 is 2.04 bits per heavy atom. The van der Waals surface area contributed by atoms with Gasteiger partial charge in [-0.05, 0) is 50.4 Å². The molecule has 3 rings (SSSR count). The molecular weight excluding hydrogens is 357 g/mol. The van der Waals surface area contributed by atoms with Gasteiger partial charge in [0.25, 0.3) is 5.91 Å². The fourth-order valence-corrected chi connectivity index (χ4v) is 3.49. The van der Waals surface area contributed by atoms with Gasteiger partial charge in [-0.2, -0.15) is 5.10 Å². The summed E-state index contributed by atoms with van der Waals surface area (Å²) < 4.78 is 21.0. The van der Waals surface area contributed by atoms with Gasteiger partial charge in [-0.25, -0.2) is 9.18 Å². The molecule has 0 bridgehead atoms. The van der Waals surface area contributed by atoms with E-state index in [0.717, 1.165) is 10.4 Å². The summed E-state index contributed by atoms with van der Waals surface area (Å²) in [7, 11) is 1.78. The van der Waals surface area contributed by atoms with Crippen LogP contribution in [0.2, 0.25) is 0 Å². The number of thiophene rings is 1. The van der Waals surface area contributed by atoms with Crippen LogP contribution in [0.4, 0.5) is 10.1 Å². The highest BCUT2D eigenvalue weighted by atomic mass is 32.1. The Balaban J connectivity index is 1.70. The first-order valence-electron chi connectivity index (χ1n) is 7.97. The molecule has 0 spiro atoms. The molecular formula is C18H18FN3O3S. The van der Waals surface area contributed by atoms with Crippen molar-refractivity contribution in [2.24, 2.45) is 7.05 Å². The highest BCUT2D eigenvalue weighted by Crippen LogP contribution is 2.27. The van der Waals surface area contributed by atoms with Crippen LogP contribution in [-0.2, 0) is 16.6 Å². The molecule has 2 aromatic heterocycles. The zero-order chi connectivity index (χ0) is 19.0. The van der Waals surface area contributed by atoms with Crippen LogP contribution >= 0.6 is 11.3 Å². The van der Waals surface area contributed by atoms with E-state index in [9.17, 15) is 14.0 Å². The zero-order valence-corrected chi connectivity index (χ0v) is 15.6. The molecule has 136 valence electrons. The highest BCUT2D eigenvalue weighted by Gasteiger charge is 2.22. The number of carbonyl (C=O) groups is 2. The number of nitrogens with zero attached hydrogens (tertiary/aromatic N) is 2. The number of fused-ring (bicyclic) bond motifs is 1. The van der Waals surface area contributed by atoms with Gasteiger partial charge < -0.3 is 10.1 Å². The number of nitrogens with one attached hydrogen (secondary N) is 1. The SMILES string of the molecule is Cc1nn(C)c(C)c1NC(=O)[C@H](C)OC(=O)c1cc2cc(F)ccc2s1. The standard InChI is InChI=1S/C18H18FN3O3S/c1-9-16(10(2)22(4)21-9)20-17(23)11(3)25-18(24)15-8-12-7-13(19)5-6-14(12)26-15/h5-8,11H,1-4H3,(H,20,23)/t11-/m0/s1. The number of aromatic nitrogens is 2. The molecule has 0 unspecified atom stereocenters. The van der Waals surface area contributed by atoms with Crippen LogP contribution in [-0.4, -0.2) is 27.8 Å². The highest BCUT2D eigenvalue weighted by molar-refractivity contribution is 7.20. The average molecular weight is 375 g/mol. The third-order valence-corrected chi connectivity index (χ3v) is 5.19. The summed E-state index contributed by atoms with van der Waals surface area (Å²) in [6.07, 6.45) is -0.983. The first-order chi connectivity index (χ1) is 12.3. The topological polar surface area (TPSA) is 73.2 Å². The van der Waals surface area contributed by atoms with Crippen LogP contribution in [0.3, 0.4) is 0 Å². The molecule has 0 aliphatic carbocycles. The average Bonchev–Trinajstić information content (AvgIpc) is 3.10. The van der Waals surface area contributed by atoms with E-state index < -0.39 is 18.0 Å². The van der Waals surface area contributed by atoms with Crippen molar-refractivity contribution in [3.05, 3.63) is 46.3 Å². The van der Waals surface area contributed by atoms with Crippen molar-refractivity contribution >= 4 is 39.0 Å². The molecule has 8 heteroatoms. The van der Waals surface area contributed by atoms with Crippen LogP contribution in [0.15, 0.2) is 24.3 Å². The van der Waals surface area contributed by atoms with E-state index in [2.05, 4.69) is 10.4 Å². The lowest BCUT2D eigenvalue weighted by Gasteiger charge is -2.13. The second-order valence-electron chi connectivity index (χ2n) is 6.00. The van der Waals surface area contributed by atoms with E-state index in [4.69, 9.17) is 4.74 Å². The van der Waals surface area contributed by atoms with Crippen molar-refractivity contribution in [2.75, 3.05) is 5.32 Å². The number of ether oxygens (including phenoxy) is 1. The molecule has 0 radical (unpaired) electrons. The van der Waals surface area contributed by atoms with Crippen LogP contribution in [0.25, 0.3) is 10.1 Å². The molecule has 1 aromatic carbocycles. The monoisotopic (exact) mass is 375 g/mol. The number of benzene rings is 1. The third-order valence-electron chi connectivity index (χ3n) is 4.09. The summed E-state index contributed by atoms with van der Waals surface area (Å²) >= 11 is 1.19. The molecule has 0 aliphatic rings. The molecule has 1 N–H and O–H groups in total. The van der Waals surface area contributed by atoms with Crippen LogP contribution in [0.1, 0.15) is 28.0 Å². The van der Waals surface area contributed by atoms with Gasteiger partial charge in [0.05, 0.1) is 17.1 Å². The second-order valence-corrected chi connectivity index (χ2v) is 7.08.